The zero-order chi connectivity index (χ0) is 13.8. The summed E-state index contributed by atoms with van der Waals surface area (Å²) in [4.78, 5) is 1.78. The van der Waals surface area contributed by atoms with Gasteiger partial charge in [-0.15, -0.1) is 0 Å². The Bertz CT molecular complexity index is 419. The van der Waals surface area contributed by atoms with Crippen LogP contribution in [0, 0.1) is 11.6 Å². The first-order valence-electron chi connectivity index (χ1n) is 6.26. The monoisotopic (exact) mass is 276 g/mol. The van der Waals surface area contributed by atoms with Gasteiger partial charge in [0.25, 0.3) is 0 Å². The third kappa shape index (κ3) is 3.67. The van der Waals surface area contributed by atoms with Gasteiger partial charge in [0.1, 0.15) is 11.6 Å². The first-order chi connectivity index (χ1) is 9.08. The Balaban J connectivity index is 2.27. The van der Waals surface area contributed by atoms with E-state index in [-0.39, 0.29) is 5.56 Å². The molecule has 2 nitrogen and oxygen atoms in total. The molecule has 1 aromatic carbocycles. The molecule has 0 amide bonds. The van der Waals surface area contributed by atoms with Crippen LogP contribution in [0.25, 0.3) is 0 Å². The topological polar surface area (TPSA) is 15.3 Å². The van der Waals surface area contributed by atoms with Crippen molar-refractivity contribution < 1.29 is 17.6 Å². The maximum atomic E-state index is 13.8. The van der Waals surface area contributed by atoms with Gasteiger partial charge < -0.3 is 5.32 Å². The van der Waals surface area contributed by atoms with Gasteiger partial charge in [-0.1, -0.05) is 0 Å². The maximum absolute atomic E-state index is 13.8. The molecule has 1 fully saturated rings. The number of nitrogens with one attached hydrogen (secondary N) is 1. The molecule has 0 aliphatic carbocycles. The quantitative estimate of drug-likeness (QED) is 0.850. The number of alkyl halides is 2. The predicted octanol–water partition coefficient (Wildman–Crippen LogP) is 2.57. The molecule has 0 radical (unpaired) electrons. The number of piperazine rings is 1. The van der Waals surface area contributed by atoms with Crippen molar-refractivity contribution in [3.05, 3.63) is 35.4 Å². The van der Waals surface area contributed by atoms with Crippen molar-refractivity contribution in [3.63, 3.8) is 0 Å². The van der Waals surface area contributed by atoms with E-state index in [1.807, 2.05) is 0 Å². The van der Waals surface area contributed by atoms with Gasteiger partial charge in [0.05, 0.1) is 0 Å². The molecule has 0 bridgehead atoms. The Morgan fingerprint density at radius 2 is 1.84 bits per heavy atom. The summed E-state index contributed by atoms with van der Waals surface area (Å²) in [5.41, 5.74) is 0.0159. The van der Waals surface area contributed by atoms with E-state index in [1.54, 1.807) is 4.90 Å². The Kier molecular flexibility index (Phi) is 4.76. The molecule has 0 saturated carbocycles. The van der Waals surface area contributed by atoms with Crippen LogP contribution in [0.5, 0.6) is 0 Å². The minimum Gasteiger partial charge on any atom is -0.314 e. The second-order valence-electron chi connectivity index (χ2n) is 4.59. The van der Waals surface area contributed by atoms with E-state index in [9.17, 15) is 17.6 Å². The van der Waals surface area contributed by atoms with E-state index in [4.69, 9.17) is 0 Å². The lowest BCUT2D eigenvalue weighted by Gasteiger charge is -2.35. The van der Waals surface area contributed by atoms with Crippen molar-refractivity contribution in [2.24, 2.45) is 0 Å². The number of hydrogen-bond acceptors (Lipinski definition) is 2. The van der Waals surface area contributed by atoms with Crippen LogP contribution in [-0.4, -0.2) is 37.5 Å². The second-order valence-corrected chi connectivity index (χ2v) is 4.59. The maximum Gasteiger partial charge on any atom is 0.240 e. The molecule has 1 aliphatic heterocycles. The molecule has 1 aromatic rings. The fourth-order valence-corrected chi connectivity index (χ4v) is 2.41. The highest BCUT2D eigenvalue weighted by Crippen LogP contribution is 2.30. The highest BCUT2D eigenvalue weighted by Gasteiger charge is 2.27. The van der Waals surface area contributed by atoms with Crippen LogP contribution < -0.4 is 5.32 Å². The first kappa shape index (κ1) is 14.3. The molecule has 1 saturated heterocycles. The Morgan fingerprint density at radius 3 is 2.47 bits per heavy atom. The summed E-state index contributed by atoms with van der Waals surface area (Å²) in [6.45, 7) is 2.42. The van der Waals surface area contributed by atoms with Gasteiger partial charge in [-0.25, -0.2) is 17.6 Å². The summed E-state index contributed by atoms with van der Waals surface area (Å²) >= 11 is 0. The van der Waals surface area contributed by atoms with Gasteiger partial charge in [-0.3, -0.25) is 4.90 Å². The molecule has 0 aromatic heterocycles. The molecule has 0 spiro atoms. The van der Waals surface area contributed by atoms with Crippen molar-refractivity contribution in [1.29, 1.82) is 0 Å². The van der Waals surface area contributed by atoms with Gasteiger partial charge in [-0.2, -0.15) is 0 Å². The number of hydrogen-bond donors (Lipinski definition) is 1. The number of rotatable bonds is 4. The van der Waals surface area contributed by atoms with Crippen molar-refractivity contribution in [3.8, 4) is 0 Å². The largest absolute Gasteiger partial charge is 0.314 e. The van der Waals surface area contributed by atoms with E-state index in [0.29, 0.717) is 26.2 Å². The molecule has 19 heavy (non-hydrogen) atoms. The van der Waals surface area contributed by atoms with Gasteiger partial charge in [0, 0.05) is 44.2 Å². The standard InChI is InChI=1S/C13H16F4N2/c14-9-1-2-11(15)10(7-9)12(8-13(16)17)19-5-3-18-4-6-19/h1-2,7,12-13,18H,3-6,8H2/t12-/m1/s1. The third-order valence-electron chi connectivity index (χ3n) is 3.31. The number of benzene rings is 1. The average molecular weight is 276 g/mol. The smallest absolute Gasteiger partial charge is 0.240 e. The number of halogens is 4. The number of nitrogens with zero attached hydrogens (tertiary/aromatic N) is 1. The minimum atomic E-state index is -2.55. The summed E-state index contributed by atoms with van der Waals surface area (Å²) in [5, 5.41) is 3.10. The van der Waals surface area contributed by atoms with E-state index in [0.717, 1.165) is 18.2 Å². The van der Waals surface area contributed by atoms with Crippen molar-refractivity contribution in [2.75, 3.05) is 26.2 Å². The van der Waals surface area contributed by atoms with Crippen molar-refractivity contribution in [2.45, 2.75) is 18.9 Å². The second kappa shape index (κ2) is 6.34. The fraction of sp³-hybridized carbons (Fsp3) is 0.538. The summed E-state index contributed by atoms with van der Waals surface area (Å²) in [5.74, 6) is -1.24. The third-order valence-corrected chi connectivity index (χ3v) is 3.31. The summed E-state index contributed by atoms with van der Waals surface area (Å²) in [7, 11) is 0. The molecule has 106 valence electrons. The SMILES string of the molecule is Fc1ccc(F)c([C@@H](CC(F)F)N2CCNCC2)c1. The Labute approximate surface area is 109 Å². The minimum absolute atomic E-state index is 0.0159. The molecule has 1 heterocycles. The van der Waals surface area contributed by atoms with Gasteiger partial charge in [-0.05, 0) is 18.2 Å². The highest BCUT2D eigenvalue weighted by atomic mass is 19.3. The molecular formula is C13H16F4N2. The zero-order valence-electron chi connectivity index (χ0n) is 10.4. The van der Waals surface area contributed by atoms with Crippen LogP contribution in [0.4, 0.5) is 17.6 Å². The van der Waals surface area contributed by atoms with Gasteiger partial charge in [0.15, 0.2) is 0 Å². The van der Waals surface area contributed by atoms with E-state index in [1.165, 1.54) is 0 Å². The highest BCUT2D eigenvalue weighted by molar-refractivity contribution is 5.22. The van der Waals surface area contributed by atoms with E-state index >= 15 is 0 Å². The zero-order valence-corrected chi connectivity index (χ0v) is 10.4. The first-order valence-corrected chi connectivity index (χ1v) is 6.26. The van der Waals surface area contributed by atoms with E-state index < -0.39 is 30.5 Å². The van der Waals surface area contributed by atoms with Crippen LogP contribution in [0.3, 0.4) is 0 Å². The lowest BCUT2D eigenvalue weighted by molar-refractivity contribution is 0.0724. The molecule has 0 unspecified atom stereocenters. The van der Waals surface area contributed by atoms with Crippen LogP contribution in [0.2, 0.25) is 0 Å². The molecule has 6 heteroatoms. The van der Waals surface area contributed by atoms with Crippen LogP contribution in [0.1, 0.15) is 18.0 Å². The molecule has 1 aliphatic rings. The molecule has 1 N–H and O–H groups in total. The summed E-state index contributed by atoms with van der Waals surface area (Å²) < 4.78 is 52.4. The molecular weight excluding hydrogens is 260 g/mol. The fourth-order valence-electron chi connectivity index (χ4n) is 2.41. The predicted molar refractivity (Wildman–Crippen MR) is 64.2 cm³/mol. The Hall–Kier alpha value is -1.14. The molecule has 1 atom stereocenters. The van der Waals surface area contributed by atoms with Crippen molar-refractivity contribution >= 4 is 0 Å². The van der Waals surface area contributed by atoms with Gasteiger partial charge in [0.2, 0.25) is 6.43 Å². The average Bonchev–Trinajstić information content (AvgIpc) is 2.40. The molecule has 2 rings (SSSR count). The van der Waals surface area contributed by atoms with Crippen LogP contribution >= 0.6 is 0 Å². The Morgan fingerprint density at radius 1 is 1.16 bits per heavy atom. The van der Waals surface area contributed by atoms with Crippen LogP contribution in [-0.2, 0) is 0 Å². The summed E-state index contributed by atoms with van der Waals surface area (Å²) in [6, 6.07) is 2.23. The van der Waals surface area contributed by atoms with Crippen molar-refractivity contribution in [1.82, 2.24) is 10.2 Å². The van der Waals surface area contributed by atoms with Crippen LogP contribution in [0.15, 0.2) is 18.2 Å². The lowest BCUT2D eigenvalue weighted by Crippen LogP contribution is -2.45. The van der Waals surface area contributed by atoms with Gasteiger partial charge >= 0.3 is 0 Å². The lowest BCUT2D eigenvalue weighted by atomic mass is 10.0. The normalized spacial score (nSPS) is 18.8. The summed E-state index contributed by atoms with van der Waals surface area (Å²) in [6.07, 6.45) is -3.04. The van der Waals surface area contributed by atoms with E-state index in [2.05, 4.69) is 5.32 Å².